The molecule has 1 aromatic carbocycles. The van der Waals surface area contributed by atoms with Gasteiger partial charge in [0.15, 0.2) is 0 Å². The van der Waals surface area contributed by atoms with Crippen LogP contribution in [0.2, 0.25) is 10.0 Å². The van der Waals surface area contributed by atoms with Gasteiger partial charge in [-0.25, -0.2) is 0 Å². The molecule has 4 heteroatoms. The molecule has 0 aliphatic carbocycles. The van der Waals surface area contributed by atoms with Crippen molar-refractivity contribution in [3.05, 3.63) is 38.7 Å². The zero-order valence-electron chi connectivity index (χ0n) is 5.55. The van der Waals surface area contributed by atoms with Crippen molar-refractivity contribution in [1.29, 1.82) is 0 Å². The highest BCUT2D eigenvalue weighted by molar-refractivity contribution is 6.33. The summed E-state index contributed by atoms with van der Waals surface area (Å²) in [5.41, 5.74) is 0.661. The molecule has 0 N–H and O–H groups in total. The van der Waals surface area contributed by atoms with E-state index in [0.29, 0.717) is 15.6 Å². The van der Waals surface area contributed by atoms with Gasteiger partial charge in [-0.3, -0.25) is 0 Å². The Labute approximate surface area is 74.1 Å². The Morgan fingerprint density at radius 3 is 2.73 bits per heavy atom. The van der Waals surface area contributed by atoms with Crippen LogP contribution in [0.25, 0.3) is 0 Å². The number of nitroso groups, excluding NO2 is 1. The third-order valence-electron chi connectivity index (χ3n) is 1.24. The third-order valence-corrected chi connectivity index (χ3v) is 1.85. The Kier molecular flexibility index (Phi) is 2.85. The topological polar surface area (TPSA) is 29.4 Å². The molecule has 58 valence electrons. The van der Waals surface area contributed by atoms with E-state index >= 15 is 0 Å². The van der Waals surface area contributed by atoms with Crippen molar-refractivity contribution in [2.45, 2.75) is 6.54 Å². The maximum Gasteiger partial charge on any atom is 0.108 e. The number of rotatable bonds is 2. The maximum absolute atomic E-state index is 9.89. The van der Waals surface area contributed by atoms with Crippen LogP contribution >= 0.6 is 23.2 Å². The average Bonchev–Trinajstić information content (AvgIpc) is 1.98. The van der Waals surface area contributed by atoms with E-state index in [9.17, 15) is 4.91 Å². The van der Waals surface area contributed by atoms with E-state index in [1.54, 1.807) is 18.2 Å². The smallest absolute Gasteiger partial charge is 0.108 e. The van der Waals surface area contributed by atoms with Crippen molar-refractivity contribution < 1.29 is 0 Å². The first-order valence-electron chi connectivity index (χ1n) is 2.97. The van der Waals surface area contributed by atoms with Crippen LogP contribution in [0.1, 0.15) is 5.56 Å². The first-order chi connectivity index (χ1) is 5.24. The molecule has 0 atom stereocenters. The molecule has 0 saturated carbocycles. The fraction of sp³-hybridized carbons (Fsp3) is 0.143. The lowest BCUT2D eigenvalue weighted by Gasteiger charge is -1.97. The minimum absolute atomic E-state index is 0.0688. The predicted octanol–water partition coefficient (Wildman–Crippen LogP) is 3.26. The highest BCUT2D eigenvalue weighted by atomic mass is 35.5. The van der Waals surface area contributed by atoms with Gasteiger partial charge >= 0.3 is 0 Å². The van der Waals surface area contributed by atoms with Crippen LogP contribution in [0.15, 0.2) is 23.4 Å². The van der Waals surface area contributed by atoms with Crippen LogP contribution in [0.4, 0.5) is 0 Å². The molecule has 1 aromatic rings. The molecule has 1 rings (SSSR count). The minimum atomic E-state index is 0.0688. The summed E-state index contributed by atoms with van der Waals surface area (Å²) in [6.45, 7) is 0.0688. The van der Waals surface area contributed by atoms with Gasteiger partial charge < -0.3 is 0 Å². The van der Waals surface area contributed by atoms with Crippen molar-refractivity contribution in [1.82, 2.24) is 0 Å². The lowest BCUT2D eigenvalue weighted by Crippen LogP contribution is -1.81. The van der Waals surface area contributed by atoms with Crippen molar-refractivity contribution in [3.8, 4) is 0 Å². The summed E-state index contributed by atoms with van der Waals surface area (Å²) in [7, 11) is 0. The van der Waals surface area contributed by atoms with Gasteiger partial charge in [-0.1, -0.05) is 28.4 Å². The van der Waals surface area contributed by atoms with E-state index in [0.717, 1.165) is 0 Å². The van der Waals surface area contributed by atoms with Gasteiger partial charge in [0, 0.05) is 10.0 Å². The van der Waals surface area contributed by atoms with E-state index in [1.165, 1.54) is 0 Å². The van der Waals surface area contributed by atoms with Crippen LogP contribution in [0, 0.1) is 4.91 Å². The second kappa shape index (κ2) is 3.69. The molecule has 0 heterocycles. The van der Waals surface area contributed by atoms with Gasteiger partial charge in [-0.15, -0.1) is 0 Å². The summed E-state index contributed by atoms with van der Waals surface area (Å²) in [6, 6.07) is 4.94. The zero-order valence-corrected chi connectivity index (χ0v) is 7.06. The first kappa shape index (κ1) is 8.50. The highest BCUT2D eigenvalue weighted by Crippen LogP contribution is 2.20. The van der Waals surface area contributed by atoms with Crippen molar-refractivity contribution in [2.24, 2.45) is 5.18 Å². The first-order valence-corrected chi connectivity index (χ1v) is 3.72. The van der Waals surface area contributed by atoms with Gasteiger partial charge in [-0.05, 0) is 23.8 Å². The van der Waals surface area contributed by atoms with Crippen LogP contribution < -0.4 is 0 Å². The van der Waals surface area contributed by atoms with Gasteiger partial charge in [0.1, 0.15) is 6.54 Å². The molecular formula is C7H5Cl2NO. The Balaban J connectivity index is 3.01. The SMILES string of the molecule is O=NCc1cc(Cl)ccc1Cl. The normalized spacial score (nSPS) is 9.64. The van der Waals surface area contributed by atoms with Crippen LogP contribution in [0.5, 0.6) is 0 Å². The van der Waals surface area contributed by atoms with Crippen molar-refractivity contribution >= 4 is 23.2 Å². The molecule has 0 spiro atoms. The lowest BCUT2D eigenvalue weighted by atomic mass is 10.2. The van der Waals surface area contributed by atoms with Crippen molar-refractivity contribution in [3.63, 3.8) is 0 Å². The molecule has 2 nitrogen and oxygen atoms in total. The summed E-state index contributed by atoms with van der Waals surface area (Å²) in [4.78, 5) is 9.89. The van der Waals surface area contributed by atoms with Gasteiger partial charge in [0.05, 0.1) is 0 Å². The summed E-state index contributed by atoms with van der Waals surface area (Å²) < 4.78 is 0. The molecule has 0 saturated heterocycles. The van der Waals surface area contributed by atoms with E-state index in [4.69, 9.17) is 23.2 Å². The molecule has 0 unspecified atom stereocenters. The van der Waals surface area contributed by atoms with E-state index in [2.05, 4.69) is 5.18 Å². The molecule has 0 amide bonds. The fourth-order valence-corrected chi connectivity index (χ4v) is 1.11. The number of halogens is 2. The quantitative estimate of drug-likeness (QED) is 0.658. The highest BCUT2D eigenvalue weighted by Gasteiger charge is 1.99. The van der Waals surface area contributed by atoms with Gasteiger partial charge in [-0.2, -0.15) is 4.91 Å². The second-order valence-electron chi connectivity index (χ2n) is 2.02. The number of hydrogen-bond donors (Lipinski definition) is 0. The fourth-order valence-electron chi connectivity index (χ4n) is 0.734. The minimum Gasteiger partial charge on any atom is -0.150 e. The summed E-state index contributed by atoms with van der Waals surface area (Å²) in [6.07, 6.45) is 0. The number of nitrogens with zero attached hydrogens (tertiary/aromatic N) is 1. The summed E-state index contributed by atoms with van der Waals surface area (Å²) >= 11 is 11.4. The number of benzene rings is 1. The molecule has 0 aromatic heterocycles. The van der Waals surface area contributed by atoms with Gasteiger partial charge in [0.25, 0.3) is 0 Å². The molecular weight excluding hydrogens is 185 g/mol. The standard InChI is InChI=1S/C7H5Cl2NO/c8-6-1-2-7(9)5(3-6)4-10-11/h1-3H,4H2. The molecule has 0 fully saturated rings. The Bertz CT molecular complexity index is 275. The lowest BCUT2D eigenvalue weighted by molar-refractivity contribution is 1.06. The summed E-state index contributed by atoms with van der Waals surface area (Å²) in [5, 5.41) is 3.80. The molecule has 0 radical (unpaired) electrons. The van der Waals surface area contributed by atoms with E-state index in [-0.39, 0.29) is 6.54 Å². The Morgan fingerprint density at radius 1 is 1.36 bits per heavy atom. The average molecular weight is 190 g/mol. The molecule has 0 aliphatic rings. The predicted molar refractivity (Wildman–Crippen MR) is 46.0 cm³/mol. The Hall–Kier alpha value is -0.600. The zero-order chi connectivity index (χ0) is 8.27. The second-order valence-corrected chi connectivity index (χ2v) is 2.87. The molecule has 0 bridgehead atoms. The van der Waals surface area contributed by atoms with Crippen LogP contribution in [-0.2, 0) is 6.54 Å². The molecule has 11 heavy (non-hydrogen) atoms. The third kappa shape index (κ3) is 2.17. The van der Waals surface area contributed by atoms with E-state index in [1.807, 2.05) is 0 Å². The molecule has 0 aliphatic heterocycles. The largest absolute Gasteiger partial charge is 0.150 e. The van der Waals surface area contributed by atoms with Crippen LogP contribution in [0.3, 0.4) is 0 Å². The van der Waals surface area contributed by atoms with Gasteiger partial charge in [0.2, 0.25) is 0 Å². The Morgan fingerprint density at radius 2 is 2.09 bits per heavy atom. The monoisotopic (exact) mass is 189 g/mol. The maximum atomic E-state index is 9.89. The number of hydrogen-bond acceptors (Lipinski definition) is 2. The van der Waals surface area contributed by atoms with Crippen LogP contribution in [-0.4, -0.2) is 0 Å². The van der Waals surface area contributed by atoms with E-state index < -0.39 is 0 Å². The summed E-state index contributed by atoms with van der Waals surface area (Å²) in [5.74, 6) is 0. The van der Waals surface area contributed by atoms with Crippen molar-refractivity contribution in [2.75, 3.05) is 0 Å².